The van der Waals surface area contributed by atoms with Gasteiger partial charge in [-0.05, 0) is 36.7 Å². The Kier molecular flexibility index (Phi) is 4.04. The van der Waals surface area contributed by atoms with Crippen molar-refractivity contribution < 1.29 is 0 Å². The Labute approximate surface area is 129 Å². The molecule has 0 spiro atoms. The molecule has 1 aromatic heterocycles. The van der Waals surface area contributed by atoms with Crippen molar-refractivity contribution in [2.45, 2.75) is 26.8 Å². The molecule has 0 aliphatic rings. The van der Waals surface area contributed by atoms with Crippen LogP contribution in [0.3, 0.4) is 0 Å². The first kappa shape index (κ1) is 14.2. The van der Waals surface area contributed by atoms with Crippen LogP contribution >= 0.6 is 11.3 Å². The third-order valence-corrected chi connectivity index (χ3v) is 4.97. The number of fused-ring (bicyclic) bond motifs is 1. The fourth-order valence-corrected chi connectivity index (χ4v) is 3.68. The summed E-state index contributed by atoms with van der Waals surface area (Å²) in [6, 6.07) is 15.2. The van der Waals surface area contributed by atoms with Gasteiger partial charge in [0.15, 0.2) is 0 Å². The maximum atomic E-state index is 4.77. The average Bonchev–Trinajstić information content (AvgIpc) is 2.84. The molecule has 0 aliphatic carbocycles. The van der Waals surface area contributed by atoms with Gasteiger partial charge in [0.25, 0.3) is 0 Å². The van der Waals surface area contributed by atoms with Gasteiger partial charge < -0.3 is 5.32 Å². The highest BCUT2D eigenvalue weighted by atomic mass is 32.1. The highest BCUT2D eigenvalue weighted by Gasteiger charge is 2.19. The van der Waals surface area contributed by atoms with Gasteiger partial charge in [0.05, 0.1) is 11.7 Å². The number of nitrogens with one attached hydrogen (secondary N) is 1. The molecule has 3 rings (SSSR count). The van der Waals surface area contributed by atoms with E-state index in [4.69, 9.17) is 4.98 Å². The van der Waals surface area contributed by atoms with Gasteiger partial charge in [0.2, 0.25) is 0 Å². The van der Waals surface area contributed by atoms with E-state index in [-0.39, 0.29) is 6.04 Å². The fourth-order valence-electron chi connectivity index (χ4n) is 2.66. The molecule has 0 bridgehead atoms. The van der Waals surface area contributed by atoms with Crippen molar-refractivity contribution in [1.29, 1.82) is 0 Å². The van der Waals surface area contributed by atoms with E-state index in [9.17, 15) is 0 Å². The number of rotatable bonds is 4. The van der Waals surface area contributed by atoms with Crippen molar-refractivity contribution in [2.24, 2.45) is 0 Å². The third-order valence-electron chi connectivity index (χ3n) is 3.83. The molecular formula is C18H20N2S. The summed E-state index contributed by atoms with van der Waals surface area (Å²) in [6.45, 7) is 7.29. The second-order valence-corrected chi connectivity index (χ2v) is 6.49. The van der Waals surface area contributed by atoms with E-state index in [1.54, 1.807) is 11.3 Å². The molecule has 1 heterocycles. The zero-order valence-corrected chi connectivity index (χ0v) is 13.5. The summed E-state index contributed by atoms with van der Waals surface area (Å²) in [5.41, 5.74) is 2.45. The second kappa shape index (κ2) is 5.96. The molecule has 0 saturated carbocycles. The lowest BCUT2D eigenvalue weighted by Crippen LogP contribution is -2.22. The Balaban J connectivity index is 2.15. The van der Waals surface area contributed by atoms with Gasteiger partial charge in [-0.1, -0.05) is 49.4 Å². The van der Waals surface area contributed by atoms with Gasteiger partial charge in [-0.2, -0.15) is 0 Å². The molecule has 2 aromatic carbocycles. The van der Waals surface area contributed by atoms with Crippen molar-refractivity contribution in [3.8, 4) is 0 Å². The predicted octanol–water partition coefficient (Wildman–Crippen LogP) is 4.61. The van der Waals surface area contributed by atoms with E-state index in [0.717, 1.165) is 17.2 Å². The minimum Gasteiger partial charge on any atom is -0.305 e. The summed E-state index contributed by atoms with van der Waals surface area (Å²) in [5, 5.41) is 7.33. The molecule has 0 radical (unpaired) electrons. The van der Waals surface area contributed by atoms with E-state index in [2.05, 4.69) is 68.6 Å². The monoisotopic (exact) mass is 296 g/mol. The van der Waals surface area contributed by atoms with Gasteiger partial charge in [0.1, 0.15) is 5.01 Å². The minimum atomic E-state index is 0.165. The number of nitrogens with zero attached hydrogens (tertiary/aromatic N) is 1. The van der Waals surface area contributed by atoms with Crippen LogP contribution in [0.4, 0.5) is 0 Å². The maximum Gasteiger partial charge on any atom is 0.115 e. The van der Waals surface area contributed by atoms with Gasteiger partial charge in [0, 0.05) is 4.88 Å². The maximum absolute atomic E-state index is 4.77. The van der Waals surface area contributed by atoms with Crippen molar-refractivity contribution in [1.82, 2.24) is 10.3 Å². The number of hydrogen-bond acceptors (Lipinski definition) is 3. The van der Waals surface area contributed by atoms with Crippen LogP contribution < -0.4 is 5.32 Å². The van der Waals surface area contributed by atoms with Gasteiger partial charge >= 0.3 is 0 Å². The summed E-state index contributed by atoms with van der Waals surface area (Å²) < 4.78 is 0. The summed E-state index contributed by atoms with van der Waals surface area (Å²) >= 11 is 1.79. The summed E-state index contributed by atoms with van der Waals surface area (Å²) in [5.74, 6) is 0. The number of aryl methyl sites for hydroxylation is 2. The first-order valence-corrected chi connectivity index (χ1v) is 8.17. The Bertz CT molecular complexity index is 736. The Morgan fingerprint density at radius 2 is 1.86 bits per heavy atom. The van der Waals surface area contributed by atoms with E-state index in [1.165, 1.54) is 21.2 Å². The lowest BCUT2D eigenvalue weighted by atomic mass is 9.99. The van der Waals surface area contributed by atoms with Crippen LogP contribution in [0.15, 0.2) is 42.5 Å². The van der Waals surface area contributed by atoms with Gasteiger partial charge in [-0.15, -0.1) is 11.3 Å². The molecule has 0 saturated heterocycles. The molecule has 0 aliphatic heterocycles. The van der Waals surface area contributed by atoms with Crippen LogP contribution in [0, 0.1) is 13.8 Å². The summed E-state index contributed by atoms with van der Waals surface area (Å²) in [7, 11) is 0. The average molecular weight is 296 g/mol. The van der Waals surface area contributed by atoms with Crippen LogP contribution in [0.2, 0.25) is 0 Å². The molecule has 108 valence electrons. The largest absolute Gasteiger partial charge is 0.305 e. The number of hydrogen-bond donors (Lipinski definition) is 1. The lowest BCUT2D eigenvalue weighted by molar-refractivity contribution is 0.630. The summed E-state index contributed by atoms with van der Waals surface area (Å²) in [6.07, 6.45) is 0. The van der Waals surface area contributed by atoms with Crippen molar-refractivity contribution in [3.63, 3.8) is 0 Å². The third kappa shape index (κ3) is 2.71. The predicted molar refractivity (Wildman–Crippen MR) is 91.1 cm³/mol. The topological polar surface area (TPSA) is 24.9 Å². The number of aromatic nitrogens is 1. The smallest absolute Gasteiger partial charge is 0.115 e. The van der Waals surface area contributed by atoms with Crippen molar-refractivity contribution in [2.75, 3.05) is 6.54 Å². The first-order valence-electron chi connectivity index (χ1n) is 7.35. The molecule has 0 amide bonds. The quantitative estimate of drug-likeness (QED) is 0.760. The zero-order chi connectivity index (χ0) is 14.8. The van der Waals surface area contributed by atoms with E-state index in [1.807, 2.05) is 0 Å². The van der Waals surface area contributed by atoms with Crippen molar-refractivity contribution >= 4 is 22.1 Å². The van der Waals surface area contributed by atoms with E-state index in [0.29, 0.717) is 0 Å². The molecule has 3 aromatic rings. The van der Waals surface area contributed by atoms with Gasteiger partial charge in [-0.3, -0.25) is 0 Å². The SMILES string of the molecule is CCNC(c1nc(C)c(C)s1)c1cccc2ccccc12. The number of thiazole rings is 1. The number of benzene rings is 2. The summed E-state index contributed by atoms with van der Waals surface area (Å²) in [4.78, 5) is 6.07. The fraction of sp³-hybridized carbons (Fsp3) is 0.278. The molecule has 1 N–H and O–H groups in total. The standard InChI is InChI=1S/C18H20N2S/c1-4-19-17(18-20-12(2)13(3)21-18)16-11-7-9-14-8-5-6-10-15(14)16/h5-11,17,19H,4H2,1-3H3. The highest BCUT2D eigenvalue weighted by Crippen LogP contribution is 2.32. The molecule has 1 unspecified atom stereocenters. The minimum absolute atomic E-state index is 0.165. The lowest BCUT2D eigenvalue weighted by Gasteiger charge is -2.18. The molecule has 0 fully saturated rings. The Morgan fingerprint density at radius 1 is 1.10 bits per heavy atom. The Morgan fingerprint density at radius 3 is 2.57 bits per heavy atom. The molecule has 3 heteroatoms. The van der Waals surface area contributed by atoms with Crippen LogP contribution in [0.5, 0.6) is 0 Å². The molecule has 2 nitrogen and oxygen atoms in total. The molecular weight excluding hydrogens is 276 g/mol. The van der Waals surface area contributed by atoms with Crippen LogP contribution in [0.1, 0.15) is 34.1 Å². The second-order valence-electron chi connectivity index (χ2n) is 5.25. The van der Waals surface area contributed by atoms with Crippen LogP contribution in [-0.2, 0) is 0 Å². The molecule has 1 atom stereocenters. The van der Waals surface area contributed by atoms with Crippen LogP contribution in [-0.4, -0.2) is 11.5 Å². The van der Waals surface area contributed by atoms with E-state index < -0.39 is 0 Å². The van der Waals surface area contributed by atoms with Gasteiger partial charge in [-0.25, -0.2) is 4.98 Å². The highest BCUT2D eigenvalue weighted by molar-refractivity contribution is 7.11. The van der Waals surface area contributed by atoms with E-state index >= 15 is 0 Å². The molecule has 21 heavy (non-hydrogen) atoms. The normalized spacial score (nSPS) is 12.7. The van der Waals surface area contributed by atoms with Crippen LogP contribution in [0.25, 0.3) is 10.8 Å². The Hall–Kier alpha value is -1.71. The zero-order valence-electron chi connectivity index (χ0n) is 12.7. The first-order chi connectivity index (χ1) is 10.2. The van der Waals surface area contributed by atoms with Crippen molar-refractivity contribution in [3.05, 3.63) is 63.6 Å².